The molecule has 10 heteroatoms. The highest BCUT2D eigenvalue weighted by Gasteiger charge is 2.21. The summed E-state index contributed by atoms with van der Waals surface area (Å²) in [6.45, 7) is 0. The Morgan fingerprint density at radius 2 is 2.00 bits per heavy atom. The molecule has 0 heterocycles. The number of benzene rings is 1. The minimum Gasteiger partial charge on any atom is -0.504 e. The summed E-state index contributed by atoms with van der Waals surface area (Å²) < 4.78 is 5.02. The molecule has 1 rings (SSSR count). The number of carboxylic acids is 2. The zero-order valence-electron chi connectivity index (χ0n) is 15.3. The normalized spacial score (nSPS) is 13.1. The van der Waals surface area contributed by atoms with E-state index >= 15 is 0 Å². The number of hydrogen-bond acceptors (Lipinski definition) is 7. The highest BCUT2D eigenvalue weighted by atomic mass is 32.2. The second-order valence-corrected chi connectivity index (χ2v) is 6.89. The molecule has 0 fully saturated rings. The molecule has 0 aliphatic rings. The topological polar surface area (TPSA) is 159 Å². The number of phenols is 1. The standard InChI is InChI=1S/C18H24N2O7S/c1-27-15-9-11(4-6-14(15)21)3-2-8-28-10-13(18(25)26)20-16(22)7-5-12(19)17(23)24/h2-4,6,9,12-13,21H,5,7-8,10,19H2,1H3,(H,20,22)(H,23,24)(H,25,26)/b3-2+. The maximum absolute atomic E-state index is 11.8. The van der Waals surface area contributed by atoms with E-state index in [2.05, 4.69) is 5.32 Å². The smallest absolute Gasteiger partial charge is 0.327 e. The quantitative estimate of drug-likeness (QED) is 0.314. The van der Waals surface area contributed by atoms with Crippen LogP contribution in [0.3, 0.4) is 0 Å². The van der Waals surface area contributed by atoms with Gasteiger partial charge in [0.25, 0.3) is 0 Å². The first-order valence-electron chi connectivity index (χ1n) is 8.36. The number of hydrogen-bond donors (Lipinski definition) is 5. The second kappa shape index (κ2) is 11.9. The lowest BCUT2D eigenvalue weighted by molar-refractivity contribution is -0.141. The van der Waals surface area contributed by atoms with Gasteiger partial charge in [-0.05, 0) is 24.1 Å². The second-order valence-electron chi connectivity index (χ2n) is 5.81. The van der Waals surface area contributed by atoms with E-state index in [4.69, 9.17) is 15.6 Å². The van der Waals surface area contributed by atoms with Crippen molar-refractivity contribution in [3.63, 3.8) is 0 Å². The van der Waals surface area contributed by atoms with Gasteiger partial charge in [0.2, 0.25) is 5.91 Å². The summed E-state index contributed by atoms with van der Waals surface area (Å²) in [6.07, 6.45) is 3.39. The lowest BCUT2D eigenvalue weighted by Gasteiger charge is -2.14. The van der Waals surface area contributed by atoms with Crippen LogP contribution in [0, 0.1) is 0 Å². The molecule has 0 spiro atoms. The van der Waals surface area contributed by atoms with Gasteiger partial charge in [0.15, 0.2) is 11.5 Å². The van der Waals surface area contributed by atoms with Gasteiger partial charge in [0, 0.05) is 17.9 Å². The lowest BCUT2D eigenvalue weighted by Crippen LogP contribution is -2.43. The first-order chi connectivity index (χ1) is 13.2. The number of nitrogens with one attached hydrogen (secondary N) is 1. The summed E-state index contributed by atoms with van der Waals surface area (Å²) in [5.74, 6) is -1.89. The first kappa shape index (κ1) is 23.3. The van der Waals surface area contributed by atoms with Crippen molar-refractivity contribution in [3.8, 4) is 11.5 Å². The monoisotopic (exact) mass is 412 g/mol. The van der Waals surface area contributed by atoms with Crippen LogP contribution in [0.4, 0.5) is 0 Å². The van der Waals surface area contributed by atoms with E-state index in [1.807, 2.05) is 6.08 Å². The molecular weight excluding hydrogens is 388 g/mol. The Kier molecular flexibility index (Phi) is 9.89. The summed E-state index contributed by atoms with van der Waals surface area (Å²) in [6, 6.07) is 2.64. The number of ether oxygens (including phenoxy) is 1. The van der Waals surface area contributed by atoms with Gasteiger partial charge in [-0.15, -0.1) is 0 Å². The fourth-order valence-corrected chi connectivity index (χ4v) is 2.92. The van der Waals surface area contributed by atoms with E-state index in [9.17, 15) is 24.6 Å². The average Bonchev–Trinajstić information content (AvgIpc) is 2.65. The molecule has 154 valence electrons. The van der Waals surface area contributed by atoms with Gasteiger partial charge in [0.05, 0.1) is 7.11 Å². The zero-order valence-corrected chi connectivity index (χ0v) is 16.1. The number of amides is 1. The Morgan fingerprint density at radius 1 is 1.29 bits per heavy atom. The molecule has 0 saturated carbocycles. The van der Waals surface area contributed by atoms with Crippen LogP contribution in [0.2, 0.25) is 0 Å². The van der Waals surface area contributed by atoms with E-state index < -0.39 is 29.9 Å². The molecule has 0 aromatic heterocycles. The summed E-state index contributed by atoms with van der Waals surface area (Å²) in [5, 5.41) is 29.8. The molecular formula is C18H24N2O7S. The third-order valence-electron chi connectivity index (χ3n) is 3.65. The molecule has 6 N–H and O–H groups in total. The summed E-state index contributed by atoms with van der Waals surface area (Å²) >= 11 is 1.31. The largest absolute Gasteiger partial charge is 0.504 e. The molecule has 0 aliphatic carbocycles. The molecule has 2 atom stereocenters. The van der Waals surface area contributed by atoms with Crippen molar-refractivity contribution in [1.29, 1.82) is 0 Å². The highest BCUT2D eigenvalue weighted by molar-refractivity contribution is 7.99. The summed E-state index contributed by atoms with van der Waals surface area (Å²) in [4.78, 5) is 33.7. The van der Waals surface area contributed by atoms with Crippen LogP contribution in [-0.2, 0) is 14.4 Å². The van der Waals surface area contributed by atoms with Crippen LogP contribution in [0.15, 0.2) is 24.3 Å². The van der Waals surface area contributed by atoms with Crippen molar-refractivity contribution in [1.82, 2.24) is 5.32 Å². The van der Waals surface area contributed by atoms with Gasteiger partial charge >= 0.3 is 11.9 Å². The third-order valence-corrected chi connectivity index (χ3v) is 4.64. The molecule has 9 nitrogen and oxygen atoms in total. The molecule has 1 aromatic carbocycles. The maximum Gasteiger partial charge on any atom is 0.327 e. The summed E-state index contributed by atoms with van der Waals surface area (Å²) in [7, 11) is 1.45. The zero-order chi connectivity index (χ0) is 21.1. The minimum atomic E-state index is -1.21. The number of aliphatic carboxylic acids is 2. The maximum atomic E-state index is 11.8. The number of rotatable bonds is 12. The number of aromatic hydroxyl groups is 1. The van der Waals surface area contributed by atoms with Gasteiger partial charge in [-0.2, -0.15) is 11.8 Å². The van der Waals surface area contributed by atoms with Crippen molar-refractivity contribution in [3.05, 3.63) is 29.8 Å². The molecule has 28 heavy (non-hydrogen) atoms. The van der Waals surface area contributed by atoms with E-state index in [0.29, 0.717) is 11.5 Å². The molecule has 0 aliphatic heterocycles. The van der Waals surface area contributed by atoms with Gasteiger partial charge in [-0.25, -0.2) is 4.79 Å². The van der Waals surface area contributed by atoms with Crippen molar-refractivity contribution >= 4 is 35.7 Å². The minimum absolute atomic E-state index is 0.0402. The number of carboxylic acid groups (broad SMARTS) is 2. The number of thioether (sulfide) groups is 1. The van der Waals surface area contributed by atoms with Crippen LogP contribution in [0.25, 0.3) is 6.08 Å². The first-order valence-corrected chi connectivity index (χ1v) is 9.52. The third kappa shape index (κ3) is 8.31. The van der Waals surface area contributed by atoms with Crippen LogP contribution in [-0.4, -0.2) is 63.9 Å². The van der Waals surface area contributed by atoms with Crippen molar-refractivity contribution in [2.24, 2.45) is 5.73 Å². The Labute approximate surface area is 166 Å². The summed E-state index contributed by atoms with van der Waals surface area (Å²) in [5.41, 5.74) is 6.13. The number of carbonyl (C=O) groups is 3. The molecule has 1 amide bonds. The van der Waals surface area contributed by atoms with Crippen LogP contribution < -0.4 is 15.8 Å². The fraction of sp³-hybridized carbons (Fsp3) is 0.389. The fourth-order valence-electron chi connectivity index (χ4n) is 2.09. The Bertz CT molecular complexity index is 724. The van der Waals surface area contributed by atoms with Gasteiger partial charge in [0.1, 0.15) is 12.1 Å². The molecule has 0 saturated heterocycles. The number of phenolic OH excluding ortho intramolecular Hbond substituents is 1. The number of methoxy groups -OCH3 is 1. The predicted octanol–water partition coefficient (Wildman–Crippen LogP) is 0.909. The van der Waals surface area contributed by atoms with E-state index in [1.165, 1.54) is 24.9 Å². The van der Waals surface area contributed by atoms with Crippen molar-refractivity contribution < 1.29 is 34.4 Å². The van der Waals surface area contributed by atoms with E-state index in [0.717, 1.165) is 5.56 Å². The van der Waals surface area contributed by atoms with Crippen LogP contribution in [0.1, 0.15) is 18.4 Å². The lowest BCUT2D eigenvalue weighted by atomic mass is 10.1. The highest BCUT2D eigenvalue weighted by Crippen LogP contribution is 2.26. The van der Waals surface area contributed by atoms with Gasteiger partial charge < -0.3 is 31.1 Å². The SMILES string of the molecule is COc1cc(/C=C/CSCC(NC(=O)CCC(N)C(=O)O)C(=O)O)ccc1O. The average molecular weight is 412 g/mol. The Hall–Kier alpha value is -2.72. The molecule has 1 aromatic rings. The van der Waals surface area contributed by atoms with Crippen LogP contribution in [0.5, 0.6) is 11.5 Å². The van der Waals surface area contributed by atoms with Gasteiger partial charge in [-0.1, -0.05) is 18.2 Å². The molecule has 0 radical (unpaired) electrons. The van der Waals surface area contributed by atoms with Crippen molar-refractivity contribution in [2.45, 2.75) is 24.9 Å². The predicted molar refractivity (Wildman–Crippen MR) is 105 cm³/mol. The molecule has 2 unspecified atom stereocenters. The Balaban J connectivity index is 2.43. The van der Waals surface area contributed by atoms with Crippen LogP contribution >= 0.6 is 11.8 Å². The number of carbonyl (C=O) groups excluding carboxylic acids is 1. The van der Waals surface area contributed by atoms with E-state index in [-0.39, 0.29) is 24.3 Å². The Morgan fingerprint density at radius 3 is 2.61 bits per heavy atom. The van der Waals surface area contributed by atoms with Gasteiger partial charge in [-0.3, -0.25) is 9.59 Å². The van der Waals surface area contributed by atoms with Crippen molar-refractivity contribution in [2.75, 3.05) is 18.6 Å². The van der Waals surface area contributed by atoms with E-state index in [1.54, 1.807) is 18.2 Å². The number of nitrogens with two attached hydrogens (primary N) is 1. The molecule has 0 bridgehead atoms.